The second-order valence-corrected chi connectivity index (χ2v) is 8.81. The van der Waals surface area contributed by atoms with Crippen LogP contribution in [0.1, 0.15) is 27.0 Å². The lowest BCUT2D eigenvalue weighted by atomic mass is 10.0. The van der Waals surface area contributed by atoms with Crippen LogP contribution in [0.4, 0.5) is 0 Å². The van der Waals surface area contributed by atoms with E-state index in [0.29, 0.717) is 19.7 Å². The van der Waals surface area contributed by atoms with Crippen LogP contribution >= 0.6 is 0 Å². The Morgan fingerprint density at radius 3 is 2.36 bits per heavy atom. The molecule has 0 fully saturated rings. The number of aromatic nitrogens is 1. The normalized spacial score (nSPS) is 11.0. The van der Waals surface area contributed by atoms with Crippen LogP contribution in [-0.4, -0.2) is 22.2 Å². The lowest BCUT2D eigenvalue weighted by Gasteiger charge is -2.12. The summed E-state index contributed by atoms with van der Waals surface area (Å²) in [6.07, 6.45) is 2.90. The van der Waals surface area contributed by atoms with Crippen molar-refractivity contribution in [1.29, 1.82) is 0 Å². The highest BCUT2D eigenvalue weighted by Gasteiger charge is 2.12. The summed E-state index contributed by atoms with van der Waals surface area (Å²) in [6, 6.07) is 31.8. The average molecular weight is 477 g/mol. The summed E-state index contributed by atoms with van der Waals surface area (Å²) in [7, 11) is 0. The highest BCUT2D eigenvalue weighted by molar-refractivity contribution is 5.87. The molecule has 0 bridgehead atoms. The van der Waals surface area contributed by atoms with Crippen LogP contribution in [-0.2, 0) is 19.6 Å². The zero-order valence-electron chi connectivity index (χ0n) is 19.9. The Kier molecular flexibility index (Phi) is 6.83. The maximum Gasteiger partial charge on any atom is 0.335 e. The number of aromatic carboxylic acids is 1. The van der Waals surface area contributed by atoms with Gasteiger partial charge in [-0.15, -0.1) is 0 Å². The summed E-state index contributed by atoms with van der Waals surface area (Å²) in [5, 5.41) is 10.3. The molecule has 0 radical (unpaired) electrons. The second-order valence-electron chi connectivity index (χ2n) is 8.81. The summed E-state index contributed by atoms with van der Waals surface area (Å²) in [5.41, 5.74) is 13.0. The maximum atomic E-state index is 11.2. The molecule has 1 aromatic heterocycles. The van der Waals surface area contributed by atoms with Crippen LogP contribution in [0.25, 0.3) is 22.0 Å². The number of benzene rings is 4. The average Bonchev–Trinajstić information content (AvgIpc) is 3.25. The van der Waals surface area contributed by atoms with Crippen molar-refractivity contribution < 1.29 is 14.6 Å². The van der Waals surface area contributed by atoms with Gasteiger partial charge in [0.15, 0.2) is 0 Å². The first-order chi connectivity index (χ1) is 17.6. The van der Waals surface area contributed by atoms with Crippen LogP contribution in [0, 0.1) is 0 Å². The summed E-state index contributed by atoms with van der Waals surface area (Å²) in [5.74, 6) is -0.107. The van der Waals surface area contributed by atoms with Crippen molar-refractivity contribution in [3.05, 3.63) is 126 Å². The molecular formula is C31H28N2O3. The third kappa shape index (κ3) is 5.02. The van der Waals surface area contributed by atoms with Crippen molar-refractivity contribution in [3.8, 4) is 16.9 Å². The van der Waals surface area contributed by atoms with Gasteiger partial charge in [0.2, 0.25) is 0 Å². The maximum absolute atomic E-state index is 11.2. The SMILES string of the molecule is NCCc1cn(Cc2ccc(C(=O)O)cc2)c2ccc(OCc3ccccc3-c3ccccc3)cc12. The van der Waals surface area contributed by atoms with E-state index in [-0.39, 0.29) is 5.56 Å². The van der Waals surface area contributed by atoms with Crippen LogP contribution in [0.3, 0.4) is 0 Å². The van der Waals surface area contributed by atoms with Gasteiger partial charge in [-0.2, -0.15) is 0 Å². The van der Waals surface area contributed by atoms with Crippen LogP contribution < -0.4 is 10.5 Å². The number of rotatable bonds is 9. The van der Waals surface area contributed by atoms with Gasteiger partial charge in [0.1, 0.15) is 12.4 Å². The molecular weight excluding hydrogens is 448 g/mol. The number of carboxylic acids is 1. The minimum atomic E-state index is -0.919. The predicted molar refractivity (Wildman–Crippen MR) is 143 cm³/mol. The fourth-order valence-corrected chi connectivity index (χ4v) is 4.58. The Labute approximate surface area is 210 Å². The Morgan fingerprint density at radius 2 is 1.61 bits per heavy atom. The highest BCUT2D eigenvalue weighted by Crippen LogP contribution is 2.29. The lowest BCUT2D eigenvalue weighted by molar-refractivity contribution is 0.0697. The van der Waals surface area contributed by atoms with E-state index in [4.69, 9.17) is 15.6 Å². The third-order valence-electron chi connectivity index (χ3n) is 6.40. The minimum absolute atomic E-state index is 0.288. The van der Waals surface area contributed by atoms with Crippen LogP contribution in [0.15, 0.2) is 103 Å². The summed E-state index contributed by atoms with van der Waals surface area (Å²) < 4.78 is 8.45. The number of ether oxygens (including phenoxy) is 1. The molecule has 0 amide bonds. The molecule has 4 aromatic carbocycles. The first kappa shape index (κ1) is 23.4. The molecule has 36 heavy (non-hydrogen) atoms. The van der Waals surface area contributed by atoms with Crippen molar-refractivity contribution in [2.75, 3.05) is 6.54 Å². The number of carboxylic acid groups (broad SMARTS) is 1. The molecule has 5 aromatic rings. The highest BCUT2D eigenvalue weighted by atomic mass is 16.5. The molecule has 0 atom stereocenters. The zero-order valence-corrected chi connectivity index (χ0v) is 19.9. The Bertz CT molecular complexity index is 1490. The van der Waals surface area contributed by atoms with Crippen molar-refractivity contribution in [1.82, 2.24) is 4.57 Å². The van der Waals surface area contributed by atoms with Crippen molar-refractivity contribution in [2.45, 2.75) is 19.6 Å². The molecule has 0 aliphatic rings. The van der Waals surface area contributed by atoms with Crippen molar-refractivity contribution in [2.24, 2.45) is 5.73 Å². The van der Waals surface area contributed by atoms with Gasteiger partial charge in [-0.05, 0) is 71.1 Å². The Hall–Kier alpha value is -4.35. The van der Waals surface area contributed by atoms with Crippen molar-refractivity contribution in [3.63, 3.8) is 0 Å². The Morgan fingerprint density at radius 1 is 0.861 bits per heavy atom. The van der Waals surface area contributed by atoms with E-state index in [1.54, 1.807) is 12.1 Å². The number of hydrogen-bond acceptors (Lipinski definition) is 3. The van der Waals surface area contributed by atoms with Gasteiger partial charge in [0.05, 0.1) is 5.56 Å². The first-order valence-corrected chi connectivity index (χ1v) is 12.0. The summed E-state index contributed by atoms with van der Waals surface area (Å²) in [6.45, 7) is 1.67. The fraction of sp³-hybridized carbons (Fsp3) is 0.129. The third-order valence-corrected chi connectivity index (χ3v) is 6.40. The monoisotopic (exact) mass is 476 g/mol. The van der Waals surface area contributed by atoms with Crippen LogP contribution in [0.5, 0.6) is 5.75 Å². The van der Waals surface area contributed by atoms with Gasteiger partial charge in [-0.1, -0.05) is 66.7 Å². The van der Waals surface area contributed by atoms with E-state index >= 15 is 0 Å². The second kappa shape index (κ2) is 10.5. The largest absolute Gasteiger partial charge is 0.489 e. The van der Waals surface area contributed by atoms with Gasteiger partial charge in [0.25, 0.3) is 0 Å². The molecule has 0 saturated carbocycles. The van der Waals surface area contributed by atoms with Gasteiger partial charge < -0.3 is 20.1 Å². The topological polar surface area (TPSA) is 77.5 Å². The number of hydrogen-bond donors (Lipinski definition) is 2. The first-order valence-electron chi connectivity index (χ1n) is 12.0. The standard InChI is InChI=1S/C31H28N2O3/c32-17-16-25-20-33(19-22-10-12-24(13-11-22)31(34)35)30-15-14-27(18-29(25)30)36-21-26-8-4-5-9-28(26)23-6-2-1-3-7-23/h1-15,18,20H,16-17,19,21,32H2,(H,34,35). The Balaban J connectivity index is 1.40. The molecule has 0 saturated heterocycles. The molecule has 5 rings (SSSR count). The smallest absolute Gasteiger partial charge is 0.335 e. The molecule has 180 valence electrons. The van der Waals surface area contributed by atoms with E-state index in [1.807, 2.05) is 42.5 Å². The van der Waals surface area contributed by atoms with Gasteiger partial charge in [-0.3, -0.25) is 0 Å². The van der Waals surface area contributed by atoms with Gasteiger partial charge in [-0.25, -0.2) is 4.79 Å². The van der Waals surface area contributed by atoms with E-state index in [0.717, 1.165) is 34.2 Å². The van der Waals surface area contributed by atoms with E-state index in [9.17, 15) is 4.79 Å². The molecule has 5 nitrogen and oxygen atoms in total. The minimum Gasteiger partial charge on any atom is -0.489 e. The molecule has 5 heteroatoms. The molecule has 0 spiro atoms. The molecule has 0 aliphatic heterocycles. The fourth-order valence-electron chi connectivity index (χ4n) is 4.58. The summed E-state index contributed by atoms with van der Waals surface area (Å²) >= 11 is 0. The zero-order chi connectivity index (χ0) is 24.9. The molecule has 1 heterocycles. The predicted octanol–water partition coefficient (Wildman–Crippen LogP) is 6.14. The number of nitrogens with two attached hydrogens (primary N) is 1. The number of nitrogens with zero attached hydrogens (tertiary/aromatic N) is 1. The van der Waals surface area contributed by atoms with Crippen LogP contribution in [0.2, 0.25) is 0 Å². The van der Waals surface area contributed by atoms with Crippen molar-refractivity contribution >= 4 is 16.9 Å². The molecule has 0 unspecified atom stereocenters. The van der Waals surface area contributed by atoms with E-state index < -0.39 is 5.97 Å². The quantitative estimate of drug-likeness (QED) is 0.268. The summed E-state index contributed by atoms with van der Waals surface area (Å²) in [4.78, 5) is 11.2. The van der Waals surface area contributed by atoms with Gasteiger partial charge in [0, 0.05) is 23.6 Å². The number of carbonyl (C=O) groups is 1. The number of fused-ring (bicyclic) bond motifs is 1. The lowest BCUT2D eigenvalue weighted by Crippen LogP contribution is -2.02. The van der Waals surface area contributed by atoms with E-state index in [2.05, 4.69) is 53.2 Å². The molecule has 3 N–H and O–H groups in total. The van der Waals surface area contributed by atoms with Gasteiger partial charge >= 0.3 is 5.97 Å². The van der Waals surface area contributed by atoms with E-state index in [1.165, 1.54) is 16.7 Å². The molecule has 0 aliphatic carbocycles.